The average molecular weight is 307 g/mol. The van der Waals surface area contributed by atoms with Crippen LogP contribution in [0.15, 0.2) is 28.1 Å². The van der Waals surface area contributed by atoms with Crippen molar-refractivity contribution in [2.45, 2.75) is 39.9 Å². The Bertz CT molecular complexity index is 521. The second-order valence-electron chi connectivity index (χ2n) is 5.92. The highest BCUT2D eigenvalue weighted by molar-refractivity contribution is 7.10. The maximum absolute atomic E-state index is 5.43. The van der Waals surface area contributed by atoms with Crippen LogP contribution in [0.4, 0.5) is 0 Å². The fourth-order valence-corrected chi connectivity index (χ4v) is 2.98. The van der Waals surface area contributed by atoms with Crippen LogP contribution in [0.1, 0.15) is 43.1 Å². The zero-order valence-electron chi connectivity index (χ0n) is 13.3. The summed E-state index contributed by atoms with van der Waals surface area (Å²) in [5, 5.41) is 9.62. The summed E-state index contributed by atoms with van der Waals surface area (Å²) < 4.78 is 5.43. The lowest BCUT2D eigenvalue weighted by Gasteiger charge is -2.22. The molecule has 0 aromatic carbocycles. The van der Waals surface area contributed by atoms with Crippen molar-refractivity contribution < 1.29 is 4.52 Å². The molecule has 2 rings (SSSR count). The molecule has 0 radical (unpaired) electrons. The molecule has 0 bridgehead atoms. The van der Waals surface area contributed by atoms with Gasteiger partial charge in [-0.3, -0.25) is 4.90 Å². The van der Waals surface area contributed by atoms with Gasteiger partial charge in [-0.1, -0.05) is 25.1 Å². The molecule has 0 saturated heterocycles. The molecule has 1 atom stereocenters. The summed E-state index contributed by atoms with van der Waals surface area (Å²) in [4.78, 5) is 3.65. The van der Waals surface area contributed by atoms with Crippen LogP contribution in [0.3, 0.4) is 0 Å². The monoisotopic (exact) mass is 307 g/mol. The fourth-order valence-electron chi connectivity index (χ4n) is 2.13. The lowest BCUT2D eigenvalue weighted by Crippen LogP contribution is -2.21. The topological polar surface area (TPSA) is 41.3 Å². The minimum Gasteiger partial charge on any atom is -0.360 e. The van der Waals surface area contributed by atoms with Crippen LogP contribution in [0.5, 0.6) is 0 Å². The van der Waals surface area contributed by atoms with E-state index in [1.165, 1.54) is 4.88 Å². The number of nitrogens with one attached hydrogen (secondary N) is 1. The second kappa shape index (κ2) is 7.73. The van der Waals surface area contributed by atoms with E-state index >= 15 is 0 Å². The van der Waals surface area contributed by atoms with E-state index in [2.05, 4.69) is 60.7 Å². The van der Waals surface area contributed by atoms with Gasteiger partial charge < -0.3 is 9.84 Å². The normalized spacial score (nSPS) is 13.2. The van der Waals surface area contributed by atoms with Crippen molar-refractivity contribution in [1.82, 2.24) is 15.4 Å². The average Bonchev–Trinajstić information content (AvgIpc) is 3.09. The van der Waals surface area contributed by atoms with Gasteiger partial charge in [0.15, 0.2) is 5.76 Å². The van der Waals surface area contributed by atoms with Crippen LogP contribution < -0.4 is 5.32 Å². The molecule has 4 nitrogen and oxygen atoms in total. The molecule has 0 spiro atoms. The maximum atomic E-state index is 5.43. The van der Waals surface area contributed by atoms with Crippen molar-refractivity contribution in [1.29, 1.82) is 0 Å². The molecular formula is C16H25N3OS. The molecule has 0 aliphatic carbocycles. The molecule has 2 heterocycles. The SMILES string of the molecule is CC(C)CNCc1cc(CN(C)C(C)c2cccs2)on1. The van der Waals surface area contributed by atoms with Gasteiger partial charge >= 0.3 is 0 Å². The minimum atomic E-state index is 0.387. The lowest BCUT2D eigenvalue weighted by molar-refractivity contribution is 0.223. The highest BCUT2D eigenvalue weighted by Gasteiger charge is 2.15. The smallest absolute Gasteiger partial charge is 0.151 e. The predicted molar refractivity (Wildman–Crippen MR) is 87.2 cm³/mol. The molecule has 0 amide bonds. The molecule has 1 N–H and O–H groups in total. The van der Waals surface area contributed by atoms with Crippen molar-refractivity contribution in [3.63, 3.8) is 0 Å². The molecule has 1 unspecified atom stereocenters. The molecule has 116 valence electrons. The summed E-state index contributed by atoms with van der Waals surface area (Å²) in [6.45, 7) is 9.15. The van der Waals surface area contributed by atoms with Gasteiger partial charge in [-0.2, -0.15) is 0 Å². The Morgan fingerprint density at radius 3 is 2.86 bits per heavy atom. The van der Waals surface area contributed by atoms with Crippen LogP contribution in [0.2, 0.25) is 0 Å². The third-order valence-electron chi connectivity index (χ3n) is 3.49. The first-order valence-electron chi connectivity index (χ1n) is 7.45. The van der Waals surface area contributed by atoms with Gasteiger partial charge in [0.1, 0.15) is 0 Å². The Morgan fingerprint density at radius 1 is 1.38 bits per heavy atom. The van der Waals surface area contributed by atoms with Gasteiger partial charge in [0, 0.05) is 23.5 Å². The largest absolute Gasteiger partial charge is 0.360 e. The van der Waals surface area contributed by atoms with E-state index in [1.807, 2.05) is 6.07 Å². The van der Waals surface area contributed by atoms with Gasteiger partial charge in [0.05, 0.1) is 12.2 Å². The standard InChI is InChI=1S/C16H25N3OS/c1-12(2)9-17-10-14-8-15(20-18-14)11-19(4)13(3)16-6-5-7-21-16/h5-8,12-13,17H,9-11H2,1-4H3. The Morgan fingerprint density at radius 2 is 2.19 bits per heavy atom. The van der Waals surface area contributed by atoms with Gasteiger partial charge in [0.25, 0.3) is 0 Å². The van der Waals surface area contributed by atoms with E-state index in [0.29, 0.717) is 12.0 Å². The third kappa shape index (κ3) is 4.95. The molecule has 2 aromatic heterocycles. The van der Waals surface area contributed by atoms with E-state index in [9.17, 15) is 0 Å². The quantitative estimate of drug-likeness (QED) is 0.808. The van der Waals surface area contributed by atoms with Crippen LogP contribution >= 0.6 is 11.3 Å². The molecule has 0 aliphatic heterocycles. The van der Waals surface area contributed by atoms with Crippen LogP contribution in [0, 0.1) is 5.92 Å². The Balaban J connectivity index is 1.84. The molecule has 5 heteroatoms. The molecule has 2 aromatic rings. The Kier molecular flexibility index (Phi) is 5.96. The van der Waals surface area contributed by atoms with Gasteiger partial charge in [-0.05, 0) is 37.9 Å². The van der Waals surface area contributed by atoms with Gasteiger partial charge in [-0.15, -0.1) is 11.3 Å². The molecule has 0 fully saturated rings. The van der Waals surface area contributed by atoms with Crippen molar-refractivity contribution in [3.05, 3.63) is 39.9 Å². The van der Waals surface area contributed by atoms with E-state index < -0.39 is 0 Å². The van der Waals surface area contributed by atoms with Gasteiger partial charge in [-0.25, -0.2) is 0 Å². The number of nitrogens with zero attached hydrogens (tertiary/aromatic N) is 2. The Hall–Kier alpha value is -1.17. The summed E-state index contributed by atoms with van der Waals surface area (Å²) >= 11 is 1.79. The summed E-state index contributed by atoms with van der Waals surface area (Å²) in [6, 6.07) is 6.70. The first kappa shape index (κ1) is 16.2. The zero-order valence-corrected chi connectivity index (χ0v) is 14.1. The highest BCUT2D eigenvalue weighted by atomic mass is 32.1. The van der Waals surface area contributed by atoms with Gasteiger partial charge in [0.2, 0.25) is 0 Å². The summed E-state index contributed by atoms with van der Waals surface area (Å²) in [6.07, 6.45) is 0. The number of hydrogen-bond acceptors (Lipinski definition) is 5. The van der Waals surface area contributed by atoms with Crippen LogP contribution in [-0.4, -0.2) is 23.6 Å². The zero-order chi connectivity index (χ0) is 15.2. The number of rotatable bonds is 8. The van der Waals surface area contributed by atoms with E-state index in [-0.39, 0.29) is 0 Å². The Labute approximate surface area is 131 Å². The van der Waals surface area contributed by atoms with E-state index in [4.69, 9.17) is 4.52 Å². The van der Waals surface area contributed by atoms with Crippen molar-refractivity contribution >= 4 is 11.3 Å². The highest BCUT2D eigenvalue weighted by Crippen LogP contribution is 2.24. The lowest BCUT2D eigenvalue weighted by atomic mass is 10.2. The van der Waals surface area contributed by atoms with Crippen molar-refractivity contribution in [3.8, 4) is 0 Å². The number of thiophene rings is 1. The molecule has 0 aliphatic rings. The second-order valence-corrected chi connectivity index (χ2v) is 6.90. The number of aromatic nitrogens is 1. The minimum absolute atomic E-state index is 0.387. The van der Waals surface area contributed by atoms with Crippen molar-refractivity contribution in [2.24, 2.45) is 5.92 Å². The molecular weight excluding hydrogens is 282 g/mol. The summed E-state index contributed by atoms with van der Waals surface area (Å²) in [5.74, 6) is 1.57. The maximum Gasteiger partial charge on any atom is 0.151 e. The first-order chi connectivity index (χ1) is 10.1. The first-order valence-corrected chi connectivity index (χ1v) is 8.33. The summed E-state index contributed by atoms with van der Waals surface area (Å²) in [7, 11) is 2.11. The number of hydrogen-bond donors (Lipinski definition) is 1. The molecule has 0 saturated carbocycles. The summed E-state index contributed by atoms with van der Waals surface area (Å²) in [5.41, 5.74) is 0.975. The van der Waals surface area contributed by atoms with Crippen LogP contribution in [-0.2, 0) is 13.1 Å². The fraction of sp³-hybridized carbons (Fsp3) is 0.562. The van der Waals surface area contributed by atoms with Crippen molar-refractivity contribution in [2.75, 3.05) is 13.6 Å². The van der Waals surface area contributed by atoms with E-state index in [0.717, 1.165) is 31.1 Å². The predicted octanol–water partition coefficient (Wildman–Crippen LogP) is 3.67. The third-order valence-corrected chi connectivity index (χ3v) is 4.53. The van der Waals surface area contributed by atoms with Crippen LogP contribution in [0.25, 0.3) is 0 Å². The van der Waals surface area contributed by atoms with E-state index in [1.54, 1.807) is 11.3 Å². The molecule has 21 heavy (non-hydrogen) atoms.